The minimum atomic E-state index is 0.444. The van der Waals surface area contributed by atoms with E-state index in [2.05, 4.69) is 22.9 Å². The van der Waals surface area contributed by atoms with Gasteiger partial charge in [-0.1, -0.05) is 48.5 Å². The lowest BCUT2D eigenvalue weighted by Gasteiger charge is -2.34. The molecule has 0 amide bonds. The second-order valence-corrected chi connectivity index (χ2v) is 7.30. The third-order valence-electron chi connectivity index (χ3n) is 5.04. The molecule has 0 spiro atoms. The van der Waals surface area contributed by atoms with Crippen molar-refractivity contribution in [3.8, 4) is 0 Å². The summed E-state index contributed by atoms with van der Waals surface area (Å²) in [4.78, 5) is 0. The fourth-order valence-electron chi connectivity index (χ4n) is 3.49. The summed E-state index contributed by atoms with van der Waals surface area (Å²) in [6, 6.07) is 0. The molecule has 0 saturated heterocycles. The average molecular weight is 317 g/mol. The molecule has 18 heavy (non-hydrogen) atoms. The molecule has 0 aromatic rings. The highest BCUT2D eigenvalue weighted by atomic mass is 79.9. The van der Waals surface area contributed by atoms with E-state index in [9.17, 15) is 0 Å². The Morgan fingerprint density at radius 3 is 2.17 bits per heavy atom. The predicted molar refractivity (Wildman–Crippen MR) is 81.3 cm³/mol. The minimum Gasteiger partial charge on any atom is -0.378 e. The molecule has 2 heteroatoms. The van der Waals surface area contributed by atoms with Gasteiger partial charge >= 0.3 is 0 Å². The number of alkyl halides is 1. The zero-order valence-corrected chi connectivity index (χ0v) is 13.5. The Morgan fingerprint density at radius 2 is 1.61 bits per heavy atom. The molecule has 0 aromatic carbocycles. The second-order valence-electron chi connectivity index (χ2n) is 6.74. The van der Waals surface area contributed by atoms with Crippen molar-refractivity contribution in [2.45, 2.75) is 77.2 Å². The van der Waals surface area contributed by atoms with Crippen molar-refractivity contribution in [1.29, 1.82) is 0 Å². The Balaban J connectivity index is 1.78. The second kappa shape index (κ2) is 7.28. The Bertz CT molecular complexity index is 225. The van der Waals surface area contributed by atoms with Crippen LogP contribution in [0.3, 0.4) is 0 Å². The van der Waals surface area contributed by atoms with Gasteiger partial charge in [0.1, 0.15) is 0 Å². The van der Waals surface area contributed by atoms with Gasteiger partial charge in [0.25, 0.3) is 0 Å². The Kier molecular flexibility index (Phi) is 6.00. The molecule has 0 heterocycles. The van der Waals surface area contributed by atoms with Crippen LogP contribution < -0.4 is 0 Å². The molecule has 2 saturated carbocycles. The van der Waals surface area contributed by atoms with Gasteiger partial charge in [0.05, 0.1) is 12.7 Å². The van der Waals surface area contributed by atoms with E-state index in [1.165, 1.54) is 64.2 Å². The van der Waals surface area contributed by atoms with Gasteiger partial charge in [-0.3, -0.25) is 0 Å². The third-order valence-corrected chi connectivity index (χ3v) is 6.23. The van der Waals surface area contributed by atoms with E-state index in [-0.39, 0.29) is 0 Å². The molecular formula is C16H29BrO. The first kappa shape index (κ1) is 14.8. The summed E-state index contributed by atoms with van der Waals surface area (Å²) >= 11 is 3.76. The summed E-state index contributed by atoms with van der Waals surface area (Å²) in [5.41, 5.74) is 0.444. The molecule has 2 rings (SSSR count). The Hall–Kier alpha value is 0.440. The normalized spacial score (nSPS) is 33.0. The summed E-state index contributed by atoms with van der Waals surface area (Å²) < 4.78 is 6.29. The monoisotopic (exact) mass is 316 g/mol. The lowest BCUT2D eigenvalue weighted by Crippen LogP contribution is -2.32. The molecule has 0 N–H and O–H groups in total. The van der Waals surface area contributed by atoms with Crippen LogP contribution >= 0.6 is 15.9 Å². The van der Waals surface area contributed by atoms with Crippen molar-refractivity contribution >= 4 is 15.9 Å². The van der Waals surface area contributed by atoms with Crippen LogP contribution in [0.1, 0.15) is 71.1 Å². The fourth-order valence-corrected chi connectivity index (χ4v) is 4.21. The molecular weight excluding hydrogens is 288 g/mol. The molecule has 0 bridgehead atoms. The van der Waals surface area contributed by atoms with Gasteiger partial charge in [-0.2, -0.15) is 0 Å². The van der Waals surface area contributed by atoms with E-state index >= 15 is 0 Å². The van der Waals surface area contributed by atoms with E-state index in [1.54, 1.807) is 0 Å². The standard InChI is InChI=1S/C16H29BrO/c1-14-6-8-15(9-7-14)18-13-16(12-17)10-4-2-3-5-11-16/h14-15H,2-13H2,1H3. The molecule has 2 aliphatic rings. The zero-order valence-electron chi connectivity index (χ0n) is 11.9. The van der Waals surface area contributed by atoms with Crippen molar-refractivity contribution in [3.05, 3.63) is 0 Å². The zero-order chi connectivity index (χ0) is 12.8. The predicted octanol–water partition coefficient (Wildman–Crippen LogP) is 5.32. The van der Waals surface area contributed by atoms with Crippen LogP contribution in [-0.4, -0.2) is 18.0 Å². The summed E-state index contributed by atoms with van der Waals surface area (Å²) in [6.07, 6.45) is 14.2. The summed E-state index contributed by atoms with van der Waals surface area (Å²) in [6.45, 7) is 3.37. The van der Waals surface area contributed by atoms with Crippen molar-refractivity contribution in [2.75, 3.05) is 11.9 Å². The quantitative estimate of drug-likeness (QED) is 0.504. The van der Waals surface area contributed by atoms with E-state index in [0.29, 0.717) is 11.5 Å². The minimum absolute atomic E-state index is 0.444. The highest BCUT2D eigenvalue weighted by Crippen LogP contribution is 2.38. The van der Waals surface area contributed by atoms with Crippen LogP contribution in [0.25, 0.3) is 0 Å². The molecule has 0 aliphatic heterocycles. The maximum absolute atomic E-state index is 6.29. The summed E-state index contributed by atoms with van der Waals surface area (Å²) in [5, 5.41) is 1.13. The van der Waals surface area contributed by atoms with Gasteiger partial charge in [-0.05, 0) is 44.4 Å². The number of ether oxygens (including phenoxy) is 1. The maximum atomic E-state index is 6.29. The first-order chi connectivity index (χ1) is 8.74. The van der Waals surface area contributed by atoms with Gasteiger partial charge < -0.3 is 4.74 Å². The van der Waals surface area contributed by atoms with Crippen LogP contribution in [0.15, 0.2) is 0 Å². The van der Waals surface area contributed by atoms with E-state index in [1.807, 2.05) is 0 Å². The molecule has 2 aliphatic carbocycles. The van der Waals surface area contributed by atoms with Gasteiger partial charge in [0, 0.05) is 10.7 Å². The van der Waals surface area contributed by atoms with Crippen LogP contribution in [0, 0.1) is 11.3 Å². The topological polar surface area (TPSA) is 9.23 Å². The molecule has 0 atom stereocenters. The van der Waals surface area contributed by atoms with Crippen molar-refractivity contribution in [1.82, 2.24) is 0 Å². The van der Waals surface area contributed by atoms with Crippen LogP contribution in [-0.2, 0) is 4.74 Å². The number of halogens is 1. The first-order valence-corrected chi connectivity index (χ1v) is 9.04. The Labute approximate surface area is 121 Å². The average Bonchev–Trinajstić information content (AvgIpc) is 2.64. The molecule has 1 nitrogen and oxygen atoms in total. The molecule has 0 radical (unpaired) electrons. The van der Waals surface area contributed by atoms with Crippen LogP contribution in [0.5, 0.6) is 0 Å². The first-order valence-electron chi connectivity index (χ1n) is 7.92. The third kappa shape index (κ3) is 4.23. The molecule has 2 fully saturated rings. The van der Waals surface area contributed by atoms with E-state index in [4.69, 9.17) is 4.74 Å². The highest BCUT2D eigenvalue weighted by Gasteiger charge is 2.31. The van der Waals surface area contributed by atoms with Gasteiger partial charge in [0.2, 0.25) is 0 Å². The van der Waals surface area contributed by atoms with Gasteiger partial charge in [0.15, 0.2) is 0 Å². The number of rotatable bonds is 4. The summed E-state index contributed by atoms with van der Waals surface area (Å²) in [5.74, 6) is 0.924. The lowest BCUT2D eigenvalue weighted by molar-refractivity contribution is -0.0282. The van der Waals surface area contributed by atoms with E-state index < -0.39 is 0 Å². The highest BCUT2D eigenvalue weighted by molar-refractivity contribution is 9.09. The lowest BCUT2D eigenvalue weighted by atomic mass is 9.83. The summed E-state index contributed by atoms with van der Waals surface area (Å²) in [7, 11) is 0. The number of hydrogen-bond donors (Lipinski definition) is 0. The van der Waals surface area contributed by atoms with E-state index in [0.717, 1.165) is 17.9 Å². The Morgan fingerprint density at radius 1 is 1.00 bits per heavy atom. The van der Waals surface area contributed by atoms with Crippen molar-refractivity contribution in [3.63, 3.8) is 0 Å². The van der Waals surface area contributed by atoms with Crippen LogP contribution in [0.4, 0.5) is 0 Å². The van der Waals surface area contributed by atoms with Crippen molar-refractivity contribution in [2.24, 2.45) is 11.3 Å². The number of hydrogen-bond acceptors (Lipinski definition) is 1. The van der Waals surface area contributed by atoms with Crippen LogP contribution in [0.2, 0.25) is 0 Å². The van der Waals surface area contributed by atoms with Gasteiger partial charge in [-0.25, -0.2) is 0 Å². The largest absolute Gasteiger partial charge is 0.378 e. The molecule has 0 unspecified atom stereocenters. The fraction of sp³-hybridized carbons (Fsp3) is 1.00. The van der Waals surface area contributed by atoms with Crippen molar-refractivity contribution < 1.29 is 4.74 Å². The SMILES string of the molecule is CC1CCC(OCC2(CBr)CCCCCC2)CC1. The molecule has 0 aromatic heterocycles. The smallest absolute Gasteiger partial charge is 0.0575 e. The maximum Gasteiger partial charge on any atom is 0.0575 e. The van der Waals surface area contributed by atoms with Gasteiger partial charge in [-0.15, -0.1) is 0 Å². The molecule has 106 valence electrons.